The Morgan fingerprint density at radius 3 is 1.52 bits per heavy atom. The normalized spacial score (nSPS) is 13.3. The van der Waals surface area contributed by atoms with Gasteiger partial charge in [-0.1, -0.05) is 13.8 Å². The Labute approximate surface area is 300 Å². The number of nitrogens with zero attached hydrogens (tertiary/aromatic N) is 2. The molecule has 0 amide bonds. The zero-order valence-electron chi connectivity index (χ0n) is 26.4. The van der Waals surface area contributed by atoms with Crippen LogP contribution in [0.4, 0.5) is 0 Å². The second kappa shape index (κ2) is 13.5. The number of aryl methyl sites for hydroxylation is 4. The predicted molar refractivity (Wildman–Crippen MR) is 199 cm³/mol. The molecule has 3 aromatic rings. The Bertz CT molecular complexity index is 2070. The van der Waals surface area contributed by atoms with Crippen LogP contribution in [0.5, 0.6) is 0 Å². The first-order chi connectivity index (χ1) is 21.7. The molecule has 0 atom stereocenters. The van der Waals surface area contributed by atoms with E-state index in [-0.39, 0.29) is 25.7 Å². The van der Waals surface area contributed by atoms with E-state index in [9.17, 15) is 19.8 Å². The van der Waals surface area contributed by atoms with Crippen molar-refractivity contribution in [2.75, 3.05) is 0 Å². The molecule has 2 aliphatic rings. The van der Waals surface area contributed by atoms with Crippen molar-refractivity contribution in [3.05, 3.63) is 62.9 Å². The van der Waals surface area contributed by atoms with Crippen molar-refractivity contribution in [1.82, 2.24) is 19.9 Å². The standard InChI is InChI=1S/C34H34Br4N4O4/c1-7-17-13(3)27-23(35)29-15(5)19(9-11-21(43)44)33(41-29)26(38)34-20(10-12-22(45)46)16(6)30(42-34)25(37)32-18(8-2)14(4)28(40-32)24(36)31(17)39-27/h40-41H,7-12H2,1-6H3,(H,43,44)(H,45,46). The third-order valence-corrected chi connectivity index (χ3v) is 12.1. The monoisotopic (exact) mass is 878 g/mol. The summed E-state index contributed by atoms with van der Waals surface area (Å²) < 4.78 is 3.05. The first-order valence-corrected chi connectivity index (χ1v) is 18.2. The number of aromatic nitrogens is 4. The summed E-state index contributed by atoms with van der Waals surface area (Å²) in [4.78, 5) is 41.1. The fourth-order valence-corrected chi connectivity index (χ4v) is 9.36. The van der Waals surface area contributed by atoms with Crippen molar-refractivity contribution in [2.45, 2.75) is 80.1 Å². The van der Waals surface area contributed by atoms with E-state index in [4.69, 9.17) is 9.97 Å². The number of hydrogen-bond donors (Lipinski definition) is 4. The van der Waals surface area contributed by atoms with E-state index in [1.165, 1.54) is 0 Å². The number of carbonyl (C=O) groups is 2. The molecular formula is C34H34Br4N4O4. The molecule has 8 bridgehead atoms. The molecule has 4 N–H and O–H groups in total. The molecule has 5 rings (SSSR count). The number of nitrogens with one attached hydrogen (secondary N) is 2. The Balaban J connectivity index is 2.08. The van der Waals surface area contributed by atoms with Crippen molar-refractivity contribution in [1.29, 1.82) is 0 Å². The van der Waals surface area contributed by atoms with Gasteiger partial charge in [0, 0.05) is 12.8 Å². The number of halogens is 4. The van der Waals surface area contributed by atoms with Gasteiger partial charge < -0.3 is 20.2 Å². The summed E-state index contributed by atoms with van der Waals surface area (Å²) in [6.45, 7) is 12.4. The number of H-pyrrole nitrogens is 2. The highest BCUT2D eigenvalue weighted by atomic mass is 79.9. The first-order valence-electron chi connectivity index (χ1n) is 15.0. The Morgan fingerprint density at radius 2 is 1.00 bits per heavy atom. The van der Waals surface area contributed by atoms with E-state index >= 15 is 0 Å². The molecule has 0 saturated heterocycles. The van der Waals surface area contributed by atoms with Gasteiger partial charge in [0.15, 0.2) is 0 Å². The lowest BCUT2D eigenvalue weighted by molar-refractivity contribution is -0.137. The summed E-state index contributed by atoms with van der Waals surface area (Å²) in [6.07, 6.45) is 2.01. The molecule has 0 unspecified atom stereocenters. The summed E-state index contributed by atoms with van der Waals surface area (Å²) in [5.41, 5.74) is 14.2. The van der Waals surface area contributed by atoms with E-state index < -0.39 is 11.9 Å². The highest BCUT2D eigenvalue weighted by Crippen LogP contribution is 2.45. The largest absolute Gasteiger partial charge is 0.481 e. The quantitative estimate of drug-likeness (QED) is 0.178. The molecule has 0 aromatic carbocycles. The van der Waals surface area contributed by atoms with Crippen LogP contribution in [0, 0.1) is 13.8 Å². The van der Waals surface area contributed by atoms with Crippen LogP contribution in [0.25, 0.3) is 44.4 Å². The second-order valence-electron chi connectivity index (χ2n) is 11.5. The van der Waals surface area contributed by atoms with Crippen molar-refractivity contribution >= 4 is 120 Å². The lowest BCUT2D eigenvalue weighted by atomic mass is 10.00. The maximum atomic E-state index is 11.7. The minimum atomic E-state index is -0.897. The fraction of sp³-hybridized carbons (Fsp3) is 0.353. The van der Waals surface area contributed by atoms with Crippen LogP contribution in [-0.2, 0) is 22.4 Å². The molecule has 242 valence electrons. The van der Waals surface area contributed by atoms with Crippen LogP contribution in [-0.4, -0.2) is 42.1 Å². The average molecular weight is 882 g/mol. The maximum Gasteiger partial charge on any atom is 0.303 e. The molecule has 0 fully saturated rings. The zero-order valence-corrected chi connectivity index (χ0v) is 32.7. The summed E-state index contributed by atoms with van der Waals surface area (Å²) in [5.74, 6) is -1.79. The number of carboxylic acids is 2. The van der Waals surface area contributed by atoms with Crippen LogP contribution in [0.15, 0.2) is 17.9 Å². The predicted octanol–water partition coefficient (Wildman–Crippen LogP) is 10.7. The van der Waals surface area contributed by atoms with Gasteiger partial charge in [0.1, 0.15) is 0 Å². The van der Waals surface area contributed by atoms with Crippen LogP contribution in [0.1, 0.15) is 98.4 Å². The number of carboxylic acid groups (broad SMARTS) is 2. The van der Waals surface area contributed by atoms with Gasteiger partial charge in [-0.05, 0) is 162 Å². The van der Waals surface area contributed by atoms with Gasteiger partial charge in [0.2, 0.25) is 0 Å². The lowest BCUT2D eigenvalue weighted by Gasteiger charge is -2.06. The molecule has 0 aliphatic carbocycles. The van der Waals surface area contributed by atoms with E-state index in [1.54, 1.807) is 0 Å². The van der Waals surface area contributed by atoms with Crippen molar-refractivity contribution in [3.63, 3.8) is 0 Å². The minimum Gasteiger partial charge on any atom is -0.481 e. The van der Waals surface area contributed by atoms with E-state index in [2.05, 4.69) is 101 Å². The van der Waals surface area contributed by atoms with Crippen LogP contribution in [0.2, 0.25) is 0 Å². The van der Waals surface area contributed by atoms with Gasteiger partial charge in [-0.3, -0.25) is 9.59 Å². The number of hydrogen-bond acceptors (Lipinski definition) is 4. The first kappa shape index (κ1) is 34.8. The molecule has 2 aliphatic heterocycles. The van der Waals surface area contributed by atoms with Gasteiger partial charge >= 0.3 is 11.9 Å². The van der Waals surface area contributed by atoms with Crippen molar-refractivity contribution < 1.29 is 19.8 Å². The van der Waals surface area contributed by atoms with E-state index in [1.807, 2.05) is 13.8 Å². The lowest BCUT2D eigenvalue weighted by Crippen LogP contribution is -1.99. The van der Waals surface area contributed by atoms with Gasteiger partial charge in [-0.2, -0.15) is 0 Å². The summed E-state index contributed by atoms with van der Waals surface area (Å²) in [7, 11) is 0. The maximum absolute atomic E-state index is 11.7. The summed E-state index contributed by atoms with van der Waals surface area (Å²) in [6, 6.07) is 0. The third-order valence-electron chi connectivity index (χ3n) is 8.99. The molecule has 5 heterocycles. The Morgan fingerprint density at radius 1 is 0.587 bits per heavy atom. The zero-order chi connectivity index (χ0) is 33.8. The molecule has 12 heteroatoms. The SMILES string of the molecule is CCC1=C(C)c2nc1c(Br)c1[nH]c(c(Br)c3nc(c(Br)c4[nH]c(c(C)c4CCC(=O)O)c2Br)C(CCC(=O)O)=C3C)c(CC)c1C. The highest BCUT2D eigenvalue weighted by Gasteiger charge is 2.27. The van der Waals surface area contributed by atoms with E-state index in [0.717, 1.165) is 98.7 Å². The summed E-state index contributed by atoms with van der Waals surface area (Å²) >= 11 is 15.6. The Hall–Kier alpha value is -2.54. The van der Waals surface area contributed by atoms with Gasteiger partial charge in [0.05, 0.1) is 62.7 Å². The van der Waals surface area contributed by atoms with Crippen molar-refractivity contribution in [2.24, 2.45) is 0 Å². The number of rotatable bonds is 8. The van der Waals surface area contributed by atoms with Gasteiger partial charge in [0.25, 0.3) is 0 Å². The van der Waals surface area contributed by atoms with Gasteiger partial charge in [-0.25, -0.2) is 9.97 Å². The van der Waals surface area contributed by atoms with Crippen LogP contribution < -0.4 is 0 Å². The molecule has 0 saturated carbocycles. The topological polar surface area (TPSA) is 132 Å². The number of fused-ring (bicyclic) bond motifs is 8. The molecule has 3 aromatic heterocycles. The number of allylic oxidation sites excluding steroid dienone is 4. The molecule has 46 heavy (non-hydrogen) atoms. The Kier molecular flexibility index (Phi) is 10.2. The minimum absolute atomic E-state index is 0.0548. The van der Waals surface area contributed by atoms with Crippen LogP contribution >= 0.6 is 63.7 Å². The van der Waals surface area contributed by atoms with Crippen molar-refractivity contribution in [3.8, 4) is 0 Å². The second-order valence-corrected chi connectivity index (χ2v) is 14.7. The van der Waals surface area contributed by atoms with E-state index in [0.29, 0.717) is 21.4 Å². The van der Waals surface area contributed by atoms with Gasteiger partial charge in [-0.15, -0.1) is 0 Å². The molecule has 0 radical (unpaired) electrons. The highest BCUT2D eigenvalue weighted by molar-refractivity contribution is 9.11. The molecule has 0 spiro atoms. The third kappa shape index (κ3) is 5.88. The van der Waals surface area contributed by atoms with Crippen LogP contribution in [0.3, 0.4) is 0 Å². The summed E-state index contributed by atoms with van der Waals surface area (Å²) in [5, 5.41) is 19.2. The number of aromatic amines is 2. The molecular weight excluding hydrogens is 848 g/mol. The number of aliphatic carboxylic acids is 2. The fourth-order valence-electron chi connectivity index (χ4n) is 6.47. The smallest absolute Gasteiger partial charge is 0.303 e. The average Bonchev–Trinajstić information content (AvgIpc) is 3.73. The molecule has 8 nitrogen and oxygen atoms in total.